The quantitative estimate of drug-likeness (QED) is 0.108. The number of piperidine rings is 1. The normalized spacial score (nSPS) is 17.7. The highest BCUT2D eigenvalue weighted by molar-refractivity contribution is 5.88. The highest BCUT2D eigenvalue weighted by Gasteiger charge is 2.38. The third-order valence-electron chi connectivity index (χ3n) is 9.16. The zero-order chi connectivity index (χ0) is 34.0. The van der Waals surface area contributed by atoms with Gasteiger partial charge in [-0.05, 0) is 51.4 Å². The number of imidazole rings is 1. The molecule has 1 saturated heterocycles. The standard InChI is InChI=1S/C33H58N8O6/c1-3-5-7-14-30(43)41(47-33(46)40-18-15-25(34)16-19-40)28(21-26-22-35-23-38-26)31(44)39-27(20-24-11-8-6-9-12-24)29(42)13-10-17-37-32(45)36-4-2/h22-25,27-29,42H,3-21,34H2,1-2H3,(H,35,38)(H,39,44)(H2,36,37,45)/t27-,28?,29-/m0/s1. The number of H-pyrrole nitrogens is 1. The lowest BCUT2D eigenvalue weighted by Gasteiger charge is -2.35. The first-order chi connectivity index (χ1) is 22.7. The third kappa shape index (κ3) is 13.3. The summed E-state index contributed by atoms with van der Waals surface area (Å²) in [5, 5.41) is 20.8. The SMILES string of the molecule is CCCCCC(=O)N(OC(=O)N1CCC(N)CC1)C(Cc1c[nH]cn1)C(=O)N[C@@H](CC1CCCCC1)[C@@H](O)CCCNC(=O)NCC. The number of aliphatic hydroxyl groups excluding tert-OH is 1. The number of aliphatic hydroxyl groups is 1. The zero-order valence-electron chi connectivity index (χ0n) is 28.4. The summed E-state index contributed by atoms with van der Waals surface area (Å²) in [5.74, 6) is -0.639. The van der Waals surface area contributed by atoms with Crippen molar-refractivity contribution < 1.29 is 29.1 Å². The Balaban J connectivity index is 1.82. The number of aromatic amines is 1. The number of hydroxylamine groups is 2. The van der Waals surface area contributed by atoms with Crippen molar-refractivity contribution in [3.8, 4) is 0 Å². The van der Waals surface area contributed by atoms with E-state index in [0.29, 0.717) is 76.3 Å². The molecule has 1 aliphatic carbocycles. The Kier molecular flexibility index (Phi) is 16.8. The maximum atomic E-state index is 14.3. The molecule has 0 bridgehead atoms. The number of amides is 5. The molecule has 2 aliphatic rings. The summed E-state index contributed by atoms with van der Waals surface area (Å²) in [6, 6.07) is -2.06. The summed E-state index contributed by atoms with van der Waals surface area (Å²) in [6.45, 7) is 5.57. The summed E-state index contributed by atoms with van der Waals surface area (Å²) >= 11 is 0. The van der Waals surface area contributed by atoms with Crippen LogP contribution < -0.4 is 21.7 Å². The molecule has 3 atom stereocenters. The minimum absolute atomic E-state index is 0.000762. The molecule has 1 aromatic heterocycles. The van der Waals surface area contributed by atoms with Crippen molar-refractivity contribution in [2.24, 2.45) is 11.7 Å². The number of hydrogen-bond donors (Lipinski definition) is 6. The van der Waals surface area contributed by atoms with Crippen LogP contribution in [-0.2, 0) is 20.8 Å². The Morgan fingerprint density at radius 3 is 2.49 bits per heavy atom. The number of nitrogens with two attached hydrogens (primary N) is 1. The minimum atomic E-state index is -1.20. The molecule has 1 aromatic rings. The summed E-state index contributed by atoms with van der Waals surface area (Å²) in [4.78, 5) is 67.6. The number of unbranched alkanes of at least 4 members (excludes halogenated alkanes) is 2. The molecule has 1 unspecified atom stereocenters. The average molecular weight is 663 g/mol. The Morgan fingerprint density at radius 1 is 1.09 bits per heavy atom. The number of carbonyl (C=O) groups is 4. The van der Waals surface area contributed by atoms with E-state index in [1.54, 1.807) is 6.20 Å². The fourth-order valence-corrected chi connectivity index (χ4v) is 6.34. The van der Waals surface area contributed by atoms with Crippen molar-refractivity contribution in [1.29, 1.82) is 0 Å². The van der Waals surface area contributed by atoms with Gasteiger partial charge in [-0.1, -0.05) is 51.9 Å². The molecule has 0 aromatic carbocycles. The molecule has 0 radical (unpaired) electrons. The zero-order valence-corrected chi connectivity index (χ0v) is 28.4. The Morgan fingerprint density at radius 2 is 1.83 bits per heavy atom. The summed E-state index contributed by atoms with van der Waals surface area (Å²) in [6.07, 6.45) is 12.1. The Labute approximate surface area is 279 Å². The maximum Gasteiger partial charge on any atom is 0.434 e. The van der Waals surface area contributed by atoms with Crippen LogP contribution in [0.15, 0.2) is 12.5 Å². The van der Waals surface area contributed by atoms with Gasteiger partial charge in [0.15, 0.2) is 6.04 Å². The molecule has 2 fully saturated rings. The molecule has 7 N–H and O–H groups in total. The summed E-state index contributed by atoms with van der Waals surface area (Å²) < 4.78 is 0. The van der Waals surface area contributed by atoms with Crippen LogP contribution in [-0.4, -0.2) is 99.4 Å². The molecule has 0 spiro atoms. The summed E-state index contributed by atoms with van der Waals surface area (Å²) in [7, 11) is 0. The van der Waals surface area contributed by atoms with Crippen LogP contribution >= 0.6 is 0 Å². The lowest BCUT2D eigenvalue weighted by Crippen LogP contribution is -2.56. The molecule has 5 amide bonds. The number of aromatic nitrogens is 2. The Bertz CT molecular complexity index is 1080. The van der Waals surface area contributed by atoms with Gasteiger partial charge in [-0.3, -0.25) is 9.59 Å². The van der Waals surface area contributed by atoms with Gasteiger partial charge in [-0.25, -0.2) is 14.6 Å². The van der Waals surface area contributed by atoms with Gasteiger partial charge in [-0.2, -0.15) is 5.06 Å². The second-order valence-electron chi connectivity index (χ2n) is 13.0. The Hall–Kier alpha value is -3.39. The molecule has 14 heteroatoms. The van der Waals surface area contributed by atoms with E-state index in [1.807, 2.05) is 13.8 Å². The smallest absolute Gasteiger partial charge is 0.391 e. The highest BCUT2D eigenvalue weighted by Crippen LogP contribution is 2.29. The second-order valence-corrected chi connectivity index (χ2v) is 13.0. The van der Waals surface area contributed by atoms with Crippen LogP contribution in [0, 0.1) is 5.92 Å². The lowest BCUT2D eigenvalue weighted by atomic mass is 9.83. The van der Waals surface area contributed by atoms with Gasteiger partial charge >= 0.3 is 12.1 Å². The number of hydrogen-bond acceptors (Lipinski definition) is 8. The number of urea groups is 1. The van der Waals surface area contributed by atoms with Crippen LogP contribution in [0.1, 0.15) is 109 Å². The van der Waals surface area contributed by atoms with Crippen molar-refractivity contribution in [2.45, 2.75) is 134 Å². The molecular formula is C33H58N8O6. The number of carbonyl (C=O) groups excluding carboxylic acids is 4. The lowest BCUT2D eigenvalue weighted by molar-refractivity contribution is -0.183. The molecule has 266 valence electrons. The van der Waals surface area contributed by atoms with E-state index in [0.717, 1.165) is 43.6 Å². The molecule has 1 saturated carbocycles. The molecular weight excluding hydrogens is 604 g/mol. The number of nitrogens with zero attached hydrogens (tertiary/aromatic N) is 3. The molecule has 2 heterocycles. The van der Waals surface area contributed by atoms with E-state index in [9.17, 15) is 24.3 Å². The van der Waals surface area contributed by atoms with E-state index >= 15 is 0 Å². The van der Waals surface area contributed by atoms with E-state index < -0.39 is 36.1 Å². The number of nitrogens with one attached hydrogen (secondary N) is 4. The number of rotatable bonds is 17. The van der Waals surface area contributed by atoms with E-state index in [-0.39, 0.29) is 24.9 Å². The van der Waals surface area contributed by atoms with E-state index in [4.69, 9.17) is 10.6 Å². The van der Waals surface area contributed by atoms with E-state index in [1.165, 1.54) is 17.6 Å². The molecule has 47 heavy (non-hydrogen) atoms. The average Bonchev–Trinajstić information content (AvgIpc) is 3.58. The largest absolute Gasteiger partial charge is 0.434 e. The predicted molar refractivity (Wildman–Crippen MR) is 178 cm³/mol. The van der Waals surface area contributed by atoms with Crippen LogP contribution in [0.25, 0.3) is 0 Å². The first kappa shape index (κ1) is 38.1. The molecule has 1 aliphatic heterocycles. The second kappa shape index (κ2) is 20.8. The van der Waals surface area contributed by atoms with Gasteiger partial charge in [0.1, 0.15) is 0 Å². The third-order valence-corrected chi connectivity index (χ3v) is 9.16. The van der Waals surface area contributed by atoms with Gasteiger partial charge in [0.05, 0.1) is 24.2 Å². The van der Waals surface area contributed by atoms with Crippen molar-refractivity contribution in [2.75, 3.05) is 26.2 Å². The van der Waals surface area contributed by atoms with Gasteiger partial charge in [-0.15, -0.1) is 0 Å². The first-order valence-corrected chi connectivity index (χ1v) is 17.7. The highest BCUT2D eigenvalue weighted by atomic mass is 16.7. The predicted octanol–water partition coefficient (Wildman–Crippen LogP) is 3.12. The van der Waals surface area contributed by atoms with Gasteiger partial charge in [0.2, 0.25) is 5.91 Å². The topological polar surface area (TPSA) is 195 Å². The van der Waals surface area contributed by atoms with Crippen molar-refractivity contribution in [1.82, 2.24) is 35.9 Å². The molecule has 3 rings (SSSR count). The van der Waals surface area contributed by atoms with Crippen LogP contribution in [0.4, 0.5) is 9.59 Å². The van der Waals surface area contributed by atoms with Crippen LogP contribution in [0.5, 0.6) is 0 Å². The van der Waals surface area contributed by atoms with Gasteiger partial charge < -0.3 is 41.5 Å². The van der Waals surface area contributed by atoms with Gasteiger partial charge in [0, 0.05) is 51.3 Å². The first-order valence-electron chi connectivity index (χ1n) is 17.7. The maximum absolute atomic E-state index is 14.3. The monoisotopic (exact) mass is 662 g/mol. The molecule has 14 nitrogen and oxygen atoms in total. The minimum Gasteiger partial charge on any atom is -0.391 e. The van der Waals surface area contributed by atoms with Crippen LogP contribution in [0.3, 0.4) is 0 Å². The fraction of sp³-hybridized carbons (Fsp3) is 0.788. The van der Waals surface area contributed by atoms with E-state index in [2.05, 4.69) is 25.9 Å². The fourth-order valence-electron chi connectivity index (χ4n) is 6.34. The van der Waals surface area contributed by atoms with Crippen LogP contribution in [0.2, 0.25) is 0 Å². The van der Waals surface area contributed by atoms with Gasteiger partial charge in [0.25, 0.3) is 5.91 Å². The van der Waals surface area contributed by atoms with Crippen molar-refractivity contribution in [3.05, 3.63) is 18.2 Å². The summed E-state index contributed by atoms with van der Waals surface area (Å²) in [5.41, 5.74) is 6.56. The van der Waals surface area contributed by atoms with Crippen molar-refractivity contribution in [3.63, 3.8) is 0 Å². The number of likely N-dealkylation sites (tertiary alicyclic amines) is 1. The van der Waals surface area contributed by atoms with Crippen molar-refractivity contribution >= 4 is 23.9 Å².